The molecular formula is C17H17N3O3S. The number of carboxylic acids is 1. The molecule has 0 spiro atoms. The first-order valence-corrected chi connectivity index (χ1v) is 8.77. The number of hydrogen-bond donors (Lipinski definition) is 3. The Labute approximate surface area is 142 Å². The number of carbonyl (C=O) groups excluding carboxylic acids is 1. The van der Waals surface area contributed by atoms with Gasteiger partial charge in [0.25, 0.3) is 5.91 Å². The summed E-state index contributed by atoms with van der Waals surface area (Å²) in [4.78, 5) is 29.2. The topological polar surface area (TPSA) is 91.3 Å². The van der Waals surface area contributed by atoms with Gasteiger partial charge < -0.3 is 15.7 Å². The van der Waals surface area contributed by atoms with E-state index in [4.69, 9.17) is 0 Å². The number of aromatic nitrogens is 1. The summed E-state index contributed by atoms with van der Waals surface area (Å²) in [5.74, 6) is -1.42. The number of anilines is 1. The molecule has 1 aromatic heterocycles. The number of nitrogens with one attached hydrogen (secondary N) is 2. The second kappa shape index (κ2) is 5.59. The molecule has 7 heteroatoms. The van der Waals surface area contributed by atoms with Gasteiger partial charge in [-0.25, -0.2) is 9.78 Å². The normalized spacial score (nSPS) is 22.0. The smallest absolute Gasteiger partial charge is 0.334 e. The Balaban J connectivity index is 1.58. The van der Waals surface area contributed by atoms with E-state index in [9.17, 15) is 14.7 Å². The molecule has 4 rings (SSSR count). The Morgan fingerprint density at radius 1 is 1.29 bits per heavy atom. The number of aryl methyl sites for hydroxylation is 1. The van der Waals surface area contributed by atoms with Gasteiger partial charge in [-0.2, -0.15) is 0 Å². The van der Waals surface area contributed by atoms with Crippen LogP contribution in [-0.4, -0.2) is 28.0 Å². The molecule has 2 aliphatic rings. The zero-order valence-electron chi connectivity index (χ0n) is 12.9. The summed E-state index contributed by atoms with van der Waals surface area (Å²) in [6.07, 6.45) is 4.75. The Kier molecular flexibility index (Phi) is 3.53. The van der Waals surface area contributed by atoms with Gasteiger partial charge in [-0.05, 0) is 36.8 Å². The number of nitrogens with zero attached hydrogens (tertiary/aromatic N) is 1. The highest BCUT2D eigenvalue weighted by molar-refractivity contribution is 7.17. The zero-order chi connectivity index (χ0) is 16.7. The molecule has 1 atom stereocenters. The molecule has 0 bridgehead atoms. The van der Waals surface area contributed by atoms with E-state index in [0.29, 0.717) is 34.5 Å². The van der Waals surface area contributed by atoms with Gasteiger partial charge in [0.2, 0.25) is 0 Å². The first-order valence-electron chi connectivity index (χ1n) is 7.95. The van der Waals surface area contributed by atoms with Crippen molar-refractivity contribution in [2.75, 3.05) is 5.32 Å². The molecule has 24 heavy (non-hydrogen) atoms. The number of carboxylic acid groups (broad SMARTS) is 1. The molecule has 0 radical (unpaired) electrons. The average molecular weight is 343 g/mol. The minimum atomic E-state index is -1.36. The van der Waals surface area contributed by atoms with Crippen LogP contribution < -0.4 is 10.6 Å². The van der Waals surface area contributed by atoms with Gasteiger partial charge in [0.05, 0.1) is 6.20 Å². The number of hydrogen-bond acceptors (Lipinski definition) is 5. The van der Waals surface area contributed by atoms with E-state index in [1.807, 2.05) is 12.1 Å². The molecule has 1 saturated carbocycles. The third-order valence-corrected chi connectivity index (χ3v) is 5.50. The van der Waals surface area contributed by atoms with Crippen molar-refractivity contribution in [1.29, 1.82) is 0 Å². The van der Waals surface area contributed by atoms with Crippen molar-refractivity contribution in [3.8, 4) is 0 Å². The van der Waals surface area contributed by atoms with Crippen LogP contribution >= 0.6 is 11.3 Å². The lowest BCUT2D eigenvalue weighted by Crippen LogP contribution is -2.50. The lowest BCUT2D eigenvalue weighted by molar-refractivity contribution is -0.144. The maximum Gasteiger partial charge on any atom is 0.334 e. The number of fused-ring (bicyclic) bond motifs is 1. The van der Waals surface area contributed by atoms with E-state index in [2.05, 4.69) is 15.6 Å². The maximum atomic E-state index is 12.6. The minimum Gasteiger partial charge on any atom is -0.479 e. The third-order valence-electron chi connectivity index (χ3n) is 4.57. The van der Waals surface area contributed by atoms with Crippen LogP contribution in [0.3, 0.4) is 0 Å². The summed E-state index contributed by atoms with van der Waals surface area (Å²) in [6, 6.07) is 7.84. The van der Waals surface area contributed by atoms with E-state index in [-0.39, 0.29) is 0 Å². The molecule has 0 saturated heterocycles. The van der Waals surface area contributed by atoms with Crippen LogP contribution in [0.25, 0.3) is 0 Å². The molecular weight excluding hydrogens is 326 g/mol. The number of aliphatic carboxylic acids is 1. The van der Waals surface area contributed by atoms with Gasteiger partial charge in [-0.15, -0.1) is 0 Å². The van der Waals surface area contributed by atoms with Crippen molar-refractivity contribution < 1.29 is 14.7 Å². The lowest BCUT2D eigenvalue weighted by Gasteiger charge is -2.26. The SMILES string of the molecule is O=C(NC1(C(=O)O)CCc2ccccc21)c1cnc(NC2CC2)s1. The van der Waals surface area contributed by atoms with Crippen molar-refractivity contribution in [3.05, 3.63) is 46.5 Å². The summed E-state index contributed by atoms with van der Waals surface area (Å²) < 4.78 is 0. The van der Waals surface area contributed by atoms with Crippen LogP contribution in [0.15, 0.2) is 30.5 Å². The largest absolute Gasteiger partial charge is 0.479 e. The van der Waals surface area contributed by atoms with Gasteiger partial charge in [0.1, 0.15) is 4.88 Å². The third kappa shape index (κ3) is 2.54. The van der Waals surface area contributed by atoms with Crippen molar-refractivity contribution in [3.63, 3.8) is 0 Å². The molecule has 3 N–H and O–H groups in total. The monoisotopic (exact) mass is 343 g/mol. The van der Waals surface area contributed by atoms with Crippen LogP contribution in [-0.2, 0) is 16.8 Å². The fourth-order valence-electron chi connectivity index (χ4n) is 3.12. The fourth-order valence-corrected chi connectivity index (χ4v) is 3.91. The molecule has 1 fully saturated rings. The lowest BCUT2D eigenvalue weighted by atomic mass is 9.91. The minimum absolute atomic E-state index is 0.361. The first kappa shape index (κ1) is 15.1. The predicted octanol–water partition coefficient (Wildman–Crippen LogP) is 2.37. The molecule has 1 heterocycles. The number of carbonyl (C=O) groups is 2. The number of benzene rings is 1. The second-order valence-corrected chi connectivity index (χ2v) is 7.30. The van der Waals surface area contributed by atoms with Crippen LogP contribution in [0.2, 0.25) is 0 Å². The van der Waals surface area contributed by atoms with Crippen molar-refractivity contribution in [2.24, 2.45) is 0 Å². The van der Waals surface area contributed by atoms with Crippen LogP contribution in [0.5, 0.6) is 0 Å². The van der Waals surface area contributed by atoms with Crippen molar-refractivity contribution in [1.82, 2.24) is 10.3 Å². The highest BCUT2D eigenvalue weighted by atomic mass is 32.1. The van der Waals surface area contributed by atoms with E-state index >= 15 is 0 Å². The van der Waals surface area contributed by atoms with E-state index < -0.39 is 17.4 Å². The van der Waals surface area contributed by atoms with Crippen molar-refractivity contribution in [2.45, 2.75) is 37.3 Å². The molecule has 1 aromatic carbocycles. The van der Waals surface area contributed by atoms with Crippen molar-refractivity contribution >= 4 is 28.3 Å². The average Bonchev–Trinajstić information content (AvgIpc) is 3.12. The fraction of sp³-hybridized carbons (Fsp3) is 0.353. The molecule has 1 unspecified atom stereocenters. The highest BCUT2D eigenvalue weighted by Gasteiger charge is 2.47. The van der Waals surface area contributed by atoms with E-state index in [0.717, 1.165) is 18.4 Å². The Morgan fingerprint density at radius 2 is 2.08 bits per heavy atom. The van der Waals surface area contributed by atoms with Crippen LogP contribution in [0.4, 0.5) is 5.13 Å². The van der Waals surface area contributed by atoms with Crippen LogP contribution in [0.1, 0.15) is 40.1 Å². The van der Waals surface area contributed by atoms with Gasteiger partial charge in [0.15, 0.2) is 10.7 Å². The molecule has 2 aromatic rings. The predicted molar refractivity (Wildman–Crippen MR) is 90.3 cm³/mol. The van der Waals surface area contributed by atoms with Crippen LogP contribution in [0, 0.1) is 0 Å². The molecule has 1 amide bonds. The summed E-state index contributed by atoms with van der Waals surface area (Å²) in [6.45, 7) is 0. The second-order valence-electron chi connectivity index (χ2n) is 6.27. The van der Waals surface area contributed by atoms with Gasteiger partial charge >= 0.3 is 5.97 Å². The number of thiazole rings is 1. The Hall–Kier alpha value is -2.41. The highest BCUT2D eigenvalue weighted by Crippen LogP contribution is 2.37. The quantitative estimate of drug-likeness (QED) is 0.775. The summed E-state index contributed by atoms with van der Waals surface area (Å²) in [5.41, 5.74) is 0.286. The van der Waals surface area contributed by atoms with E-state index in [1.54, 1.807) is 12.1 Å². The molecule has 0 aliphatic heterocycles. The molecule has 2 aliphatic carbocycles. The Morgan fingerprint density at radius 3 is 2.83 bits per heavy atom. The van der Waals surface area contributed by atoms with Gasteiger partial charge in [0, 0.05) is 6.04 Å². The zero-order valence-corrected chi connectivity index (χ0v) is 13.7. The summed E-state index contributed by atoms with van der Waals surface area (Å²) in [7, 11) is 0. The summed E-state index contributed by atoms with van der Waals surface area (Å²) in [5, 5.41) is 16.5. The van der Waals surface area contributed by atoms with Gasteiger partial charge in [-0.3, -0.25) is 4.79 Å². The maximum absolute atomic E-state index is 12.6. The molecule has 6 nitrogen and oxygen atoms in total. The number of rotatable bonds is 5. The molecule has 124 valence electrons. The number of amides is 1. The summed E-state index contributed by atoms with van der Waals surface area (Å²) >= 11 is 1.26. The Bertz CT molecular complexity index is 815. The van der Waals surface area contributed by atoms with Gasteiger partial charge in [-0.1, -0.05) is 35.6 Å². The van der Waals surface area contributed by atoms with E-state index in [1.165, 1.54) is 17.5 Å². The first-order chi connectivity index (χ1) is 11.6. The standard InChI is InChI=1S/C17H17N3O3S/c21-14(13-9-18-16(24-13)19-11-5-6-11)20-17(15(22)23)8-7-10-3-1-2-4-12(10)17/h1-4,9,11H,5-8H2,(H,18,19)(H,20,21)(H,22,23).